The van der Waals surface area contributed by atoms with Crippen molar-refractivity contribution >= 4 is 16.0 Å². The van der Waals surface area contributed by atoms with Crippen molar-refractivity contribution in [3.05, 3.63) is 159 Å². The van der Waals surface area contributed by atoms with Crippen LogP contribution in [0.5, 0.6) is 11.5 Å². The Bertz CT molecular complexity index is 1980. The summed E-state index contributed by atoms with van der Waals surface area (Å²) in [6, 6.07) is 32.8. The number of benzene rings is 4. The molecule has 1 N–H and O–H groups in total. The number of nitrogens with zero attached hydrogens (tertiary/aromatic N) is 2. The van der Waals surface area contributed by atoms with Crippen molar-refractivity contribution in [2.75, 3.05) is 0 Å². The van der Waals surface area contributed by atoms with Crippen molar-refractivity contribution in [2.45, 2.75) is 43.8 Å². The van der Waals surface area contributed by atoms with E-state index in [0.29, 0.717) is 17.1 Å². The molecule has 242 valence electrons. The number of sulfonamides is 1. The zero-order chi connectivity index (χ0) is 33.1. The van der Waals surface area contributed by atoms with Gasteiger partial charge in [-0.1, -0.05) is 78.9 Å². The van der Waals surface area contributed by atoms with E-state index in [4.69, 9.17) is 14.2 Å². The Morgan fingerprint density at radius 2 is 1.30 bits per heavy atom. The molecule has 0 spiro atoms. The molecule has 47 heavy (non-hydrogen) atoms. The summed E-state index contributed by atoms with van der Waals surface area (Å²) in [6.07, 6.45) is 1.08. The summed E-state index contributed by atoms with van der Waals surface area (Å²) in [4.78, 5) is 39.0. The molecule has 0 bridgehead atoms. The van der Waals surface area contributed by atoms with Crippen molar-refractivity contribution in [1.82, 2.24) is 13.9 Å². The predicted molar refractivity (Wildman–Crippen MR) is 174 cm³/mol. The molecule has 1 unspecified atom stereocenters. The molecule has 0 saturated carbocycles. The minimum atomic E-state index is -4.25. The Morgan fingerprint density at radius 3 is 1.94 bits per heavy atom. The van der Waals surface area contributed by atoms with Crippen molar-refractivity contribution in [2.24, 2.45) is 0 Å². The van der Waals surface area contributed by atoms with E-state index in [1.165, 1.54) is 41.1 Å². The summed E-state index contributed by atoms with van der Waals surface area (Å²) in [5.74, 6) is 0.138. The summed E-state index contributed by atoms with van der Waals surface area (Å²) in [5, 5.41) is 0. The van der Waals surface area contributed by atoms with Gasteiger partial charge in [-0.3, -0.25) is 18.7 Å². The van der Waals surface area contributed by atoms with Crippen LogP contribution in [-0.2, 0) is 50.8 Å². The normalized spacial score (nSPS) is 11.9. The fourth-order valence-electron chi connectivity index (χ4n) is 4.58. The highest BCUT2D eigenvalue weighted by molar-refractivity contribution is 7.89. The molecular weight excluding hydrogens is 622 g/mol. The topological polar surface area (TPSA) is 135 Å². The van der Waals surface area contributed by atoms with Crippen molar-refractivity contribution < 1.29 is 27.4 Å². The highest BCUT2D eigenvalue weighted by atomic mass is 32.2. The van der Waals surface area contributed by atoms with E-state index in [2.05, 4.69) is 4.72 Å². The summed E-state index contributed by atoms with van der Waals surface area (Å²) in [5.41, 5.74) is 0.340. The van der Waals surface area contributed by atoms with Crippen LogP contribution in [0.3, 0.4) is 0 Å². The number of aromatic nitrogens is 2. The largest absolute Gasteiger partial charge is 0.460 e. The van der Waals surface area contributed by atoms with Crippen molar-refractivity contribution in [3.63, 3.8) is 0 Å². The first-order valence-electron chi connectivity index (χ1n) is 14.8. The van der Waals surface area contributed by atoms with Gasteiger partial charge < -0.3 is 14.2 Å². The van der Waals surface area contributed by atoms with Crippen LogP contribution in [0, 0.1) is 0 Å². The molecule has 0 radical (unpaired) electrons. The average Bonchev–Trinajstić information content (AvgIpc) is 3.09. The molecule has 0 amide bonds. The summed E-state index contributed by atoms with van der Waals surface area (Å²) < 4.78 is 48.2. The summed E-state index contributed by atoms with van der Waals surface area (Å²) in [7, 11) is -4.25. The number of rotatable bonds is 15. The van der Waals surface area contributed by atoms with Gasteiger partial charge in [-0.25, -0.2) is 13.2 Å². The van der Waals surface area contributed by atoms with Crippen LogP contribution in [0.15, 0.2) is 142 Å². The van der Waals surface area contributed by atoms with Crippen LogP contribution in [0.1, 0.15) is 17.5 Å². The van der Waals surface area contributed by atoms with E-state index in [1.54, 1.807) is 36.4 Å². The van der Waals surface area contributed by atoms with Gasteiger partial charge in [0.15, 0.2) is 0 Å². The Labute approximate surface area is 271 Å². The highest BCUT2D eigenvalue weighted by Gasteiger charge is 2.28. The molecule has 0 aliphatic rings. The number of para-hydroxylation sites is 1. The first-order valence-corrected chi connectivity index (χ1v) is 16.2. The minimum absolute atomic E-state index is 0.0970. The van der Waals surface area contributed by atoms with Gasteiger partial charge in [0.25, 0.3) is 5.56 Å². The fraction of sp³-hybridized carbons (Fsp3) is 0.171. The number of hydrogen-bond acceptors (Lipinski definition) is 8. The van der Waals surface area contributed by atoms with E-state index in [0.717, 1.165) is 10.1 Å². The van der Waals surface area contributed by atoms with Crippen LogP contribution < -0.4 is 20.7 Å². The Hall–Kier alpha value is -5.30. The van der Waals surface area contributed by atoms with Gasteiger partial charge in [0.1, 0.15) is 30.9 Å². The number of nitrogens with one attached hydrogen (secondary N) is 1. The number of esters is 1. The molecular formula is C35H33N3O8S. The second kappa shape index (κ2) is 15.8. The van der Waals surface area contributed by atoms with Gasteiger partial charge in [-0.15, -0.1) is 0 Å². The van der Waals surface area contributed by atoms with Gasteiger partial charge in [-0.05, 0) is 53.9 Å². The maximum Gasteiger partial charge on any atom is 0.332 e. The van der Waals surface area contributed by atoms with Gasteiger partial charge in [0.05, 0.1) is 11.5 Å². The van der Waals surface area contributed by atoms with Gasteiger partial charge in [-0.2, -0.15) is 4.72 Å². The van der Waals surface area contributed by atoms with E-state index in [1.807, 2.05) is 54.6 Å². The third kappa shape index (κ3) is 9.36. The first-order chi connectivity index (χ1) is 22.8. The van der Waals surface area contributed by atoms with Gasteiger partial charge in [0.2, 0.25) is 10.0 Å². The second-order valence-electron chi connectivity index (χ2n) is 10.5. The lowest BCUT2D eigenvalue weighted by Gasteiger charge is -2.19. The van der Waals surface area contributed by atoms with Crippen LogP contribution in [0.4, 0.5) is 0 Å². The zero-order valence-corrected chi connectivity index (χ0v) is 26.1. The molecule has 1 aromatic heterocycles. The average molecular weight is 656 g/mol. The van der Waals surface area contributed by atoms with E-state index in [-0.39, 0.29) is 37.8 Å². The molecule has 0 aliphatic carbocycles. The summed E-state index contributed by atoms with van der Waals surface area (Å²) in [6.45, 7) is -0.231. The van der Waals surface area contributed by atoms with Gasteiger partial charge >= 0.3 is 11.7 Å². The molecule has 4 aromatic carbocycles. The fourth-order valence-corrected chi connectivity index (χ4v) is 5.80. The molecule has 0 aliphatic heterocycles. The quantitative estimate of drug-likeness (QED) is 0.164. The number of carbonyl (C=O) groups excluding carboxylic acids is 1. The molecule has 12 heteroatoms. The molecule has 1 atom stereocenters. The zero-order valence-electron chi connectivity index (χ0n) is 25.3. The van der Waals surface area contributed by atoms with Crippen LogP contribution >= 0.6 is 0 Å². The summed E-state index contributed by atoms with van der Waals surface area (Å²) >= 11 is 0. The number of hydrogen-bond donors (Lipinski definition) is 1. The lowest BCUT2D eigenvalue weighted by atomic mass is 10.2. The van der Waals surface area contributed by atoms with E-state index in [9.17, 15) is 22.8 Å². The molecule has 5 aromatic rings. The lowest BCUT2D eigenvalue weighted by molar-refractivity contribution is -0.147. The second-order valence-corrected chi connectivity index (χ2v) is 12.2. The Balaban J connectivity index is 1.30. The maximum absolute atomic E-state index is 13.4. The monoisotopic (exact) mass is 655 g/mol. The standard InChI is InChI=1S/C35H33N3O8S/c39-33-21-22-37(26-44-24-27-10-4-1-5-11-27)35(41)38(33)23-20-32(34(40)45-25-28-12-6-2-7-13-28)36-47(42,43)31-18-16-30(17-19-31)46-29-14-8-3-9-15-29/h1-19,21-22,32,36H,20,23-26H2. The smallest absolute Gasteiger partial charge is 0.332 e. The SMILES string of the molecule is O=C(OCc1ccccc1)C(CCn1c(=O)ccn(COCc2ccccc2)c1=O)NS(=O)(=O)c1ccc(Oc2ccccc2)cc1. The highest BCUT2D eigenvalue weighted by Crippen LogP contribution is 2.23. The number of ether oxygens (including phenoxy) is 3. The van der Waals surface area contributed by atoms with Crippen LogP contribution in [0.2, 0.25) is 0 Å². The van der Waals surface area contributed by atoms with Crippen molar-refractivity contribution in [3.8, 4) is 11.5 Å². The molecule has 1 heterocycles. The molecule has 5 rings (SSSR count). The van der Waals surface area contributed by atoms with E-state index < -0.39 is 33.3 Å². The molecule has 0 fully saturated rings. The molecule has 11 nitrogen and oxygen atoms in total. The minimum Gasteiger partial charge on any atom is -0.460 e. The maximum atomic E-state index is 13.4. The first kappa shape index (κ1) is 33.1. The third-order valence-electron chi connectivity index (χ3n) is 7.04. The van der Waals surface area contributed by atoms with Crippen LogP contribution in [-0.4, -0.2) is 29.6 Å². The van der Waals surface area contributed by atoms with Gasteiger partial charge in [0, 0.05) is 18.8 Å². The van der Waals surface area contributed by atoms with Crippen molar-refractivity contribution in [1.29, 1.82) is 0 Å². The molecule has 0 saturated heterocycles. The predicted octanol–water partition coefficient (Wildman–Crippen LogP) is 4.46. The Kier molecular flexibility index (Phi) is 11.1. The Morgan fingerprint density at radius 1 is 0.723 bits per heavy atom. The lowest BCUT2D eigenvalue weighted by Crippen LogP contribution is -2.45. The number of carbonyl (C=O) groups is 1. The third-order valence-corrected chi connectivity index (χ3v) is 8.53. The van der Waals surface area contributed by atoms with Crippen LogP contribution in [0.25, 0.3) is 0 Å². The van der Waals surface area contributed by atoms with E-state index >= 15 is 0 Å².